The van der Waals surface area contributed by atoms with E-state index in [0.717, 1.165) is 20.1 Å². The van der Waals surface area contributed by atoms with Gasteiger partial charge in [0.05, 0.1) is 26.7 Å². The molecule has 0 saturated carbocycles. The highest BCUT2D eigenvalue weighted by molar-refractivity contribution is 14.1. The van der Waals surface area contributed by atoms with Gasteiger partial charge in [0, 0.05) is 12.1 Å². The number of halogens is 1. The quantitative estimate of drug-likeness (QED) is 0.0718. The van der Waals surface area contributed by atoms with Crippen molar-refractivity contribution in [3.05, 3.63) is 109 Å². The molecule has 0 aromatic heterocycles. The van der Waals surface area contributed by atoms with Crippen LogP contribution in [-0.2, 0) is 6.61 Å². The molecule has 0 atom stereocenters. The number of nitro groups is 1. The van der Waals surface area contributed by atoms with Gasteiger partial charge in [0.15, 0.2) is 11.5 Å². The molecule has 35 heavy (non-hydrogen) atoms. The number of allylic oxidation sites excluding steroid dienone is 1. The number of benzene rings is 4. The Balaban J connectivity index is 1.61. The number of fused-ring (bicyclic) bond motifs is 1. The van der Waals surface area contributed by atoms with Crippen molar-refractivity contribution in [3.63, 3.8) is 0 Å². The van der Waals surface area contributed by atoms with Crippen molar-refractivity contribution in [1.82, 2.24) is 0 Å². The number of nitro benzene ring substituents is 1. The van der Waals surface area contributed by atoms with Crippen LogP contribution in [0.5, 0.6) is 11.5 Å². The molecule has 0 radical (unpaired) electrons. The molecule has 0 amide bonds. The molecule has 4 aromatic rings. The fourth-order valence-electron chi connectivity index (χ4n) is 3.67. The molecule has 0 heterocycles. The molecule has 0 aliphatic rings. The zero-order valence-electron chi connectivity index (χ0n) is 18.9. The van der Waals surface area contributed by atoms with Gasteiger partial charge in [-0.2, -0.15) is 5.26 Å². The van der Waals surface area contributed by atoms with Gasteiger partial charge >= 0.3 is 0 Å². The maximum absolute atomic E-state index is 10.9. The Morgan fingerprint density at radius 3 is 2.46 bits per heavy atom. The number of ether oxygens (including phenoxy) is 2. The minimum absolute atomic E-state index is 0.0212. The van der Waals surface area contributed by atoms with Crippen LogP contribution in [-0.4, -0.2) is 11.5 Å². The first kappa shape index (κ1) is 24.2. The van der Waals surface area contributed by atoms with E-state index in [2.05, 4.69) is 59.0 Å². The average Bonchev–Trinajstić information content (AvgIpc) is 2.87. The predicted octanol–water partition coefficient (Wildman–Crippen LogP) is 7.39. The summed E-state index contributed by atoms with van der Waals surface area (Å²) in [5.41, 5.74) is 2.79. The Hall–Kier alpha value is -3.90. The van der Waals surface area contributed by atoms with E-state index in [1.165, 1.54) is 17.5 Å². The van der Waals surface area contributed by atoms with Crippen molar-refractivity contribution in [2.75, 3.05) is 6.61 Å². The minimum atomic E-state index is -0.465. The third-order valence-corrected chi connectivity index (χ3v) is 6.15. The van der Waals surface area contributed by atoms with Crippen LogP contribution in [0.4, 0.5) is 5.69 Å². The second-order valence-electron chi connectivity index (χ2n) is 7.71. The van der Waals surface area contributed by atoms with E-state index in [-0.39, 0.29) is 5.69 Å². The molecular weight excluding hydrogens is 555 g/mol. The zero-order chi connectivity index (χ0) is 24.8. The molecule has 0 N–H and O–H groups in total. The average molecular weight is 576 g/mol. The zero-order valence-corrected chi connectivity index (χ0v) is 21.1. The van der Waals surface area contributed by atoms with Gasteiger partial charge in [-0.05, 0) is 93.4 Å². The Morgan fingerprint density at radius 1 is 1.03 bits per heavy atom. The maximum atomic E-state index is 10.9. The maximum Gasteiger partial charge on any atom is 0.269 e. The van der Waals surface area contributed by atoms with Gasteiger partial charge in [0.25, 0.3) is 5.69 Å². The van der Waals surface area contributed by atoms with Crippen molar-refractivity contribution >= 4 is 50.7 Å². The lowest BCUT2D eigenvalue weighted by Crippen LogP contribution is -2.02. The summed E-state index contributed by atoms with van der Waals surface area (Å²) in [6.07, 6.45) is 1.74. The van der Waals surface area contributed by atoms with Crippen LogP contribution in [0.3, 0.4) is 0 Å². The molecule has 0 saturated heterocycles. The fraction of sp³-hybridized carbons (Fsp3) is 0.107. The lowest BCUT2D eigenvalue weighted by atomic mass is 10.0. The lowest BCUT2D eigenvalue weighted by molar-refractivity contribution is -0.384. The normalized spacial score (nSPS) is 11.2. The highest BCUT2D eigenvalue weighted by Crippen LogP contribution is 2.36. The highest BCUT2D eigenvalue weighted by Gasteiger charge is 2.14. The molecule has 174 valence electrons. The molecule has 0 unspecified atom stereocenters. The van der Waals surface area contributed by atoms with Crippen LogP contribution in [0.15, 0.2) is 78.9 Å². The van der Waals surface area contributed by atoms with Gasteiger partial charge < -0.3 is 9.47 Å². The van der Waals surface area contributed by atoms with E-state index in [0.29, 0.717) is 35.8 Å². The molecule has 0 fully saturated rings. The second kappa shape index (κ2) is 11.0. The standard InChI is InChI=1S/C28H21IN2O4/c1-2-34-27-16-20(14-24(17-30)22-9-11-25(12-10-22)31(32)33)15-26(29)28(27)35-18-19-7-8-21-5-3-4-6-23(21)13-19/h3-16H,2,18H2,1H3/b24-14-. The SMILES string of the molecule is CCOc1cc(/C=C(/C#N)c2ccc([N+](=O)[O-])cc2)cc(I)c1OCc1ccc2ccccc2c1. The Morgan fingerprint density at radius 2 is 1.77 bits per heavy atom. The van der Waals surface area contributed by atoms with Crippen LogP contribution in [0.1, 0.15) is 23.6 Å². The topological polar surface area (TPSA) is 85.4 Å². The summed E-state index contributed by atoms with van der Waals surface area (Å²) >= 11 is 2.20. The predicted molar refractivity (Wildman–Crippen MR) is 145 cm³/mol. The summed E-state index contributed by atoms with van der Waals surface area (Å²) in [5, 5.41) is 22.9. The van der Waals surface area contributed by atoms with Crippen molar-refractivity contribution in [2.45, 2.75) is 13.5 Å². The van der Waals surface area contributed by atoms with Gasteiger partial charge in [-0.1, -0.05) is 36.4 Å². The Kier molecular flexibility index (Phi) is 7.63. The number of nitrogens with zero attached hydrogens (tertiary/aromatic N) is 2. The summed E-state index contributed by atoms with van der Waals surface area (Å²) < 4.78 is 12.9. The third-order valence-electron chi connectivity index (χ3n) is 5.35. The van der Waals surface area contributed by atoms with E-state index in [4.69, 9.17) is 9.47 Å². The molecule has 0 aliphatic heterocycles. The molecule has 0 spiro atoms. The number of hydrogen-bond donors (Lipinski definition) is 0. The molecule has 0 aliphatic carbocycles. The largest absolute Gasteiger partial charge is 0.490 e. The first-order valence-corrected chi connectivity index (χ1v) is 12.0. The minimum Gasteiger partial charge on any atom is -0.490 e. The Labute approximate surface area is 216 Å². The summed E-state index contributed by atoms with van der Waals surface area (Å²) in [6, 6.07) is 26.3. The van der Waals surface area contributed by atoms with Crippen LogP contribution >= 0.6 is 22.6 Å². The van der Waals surface area contributed by atoms with Crippen LogP contribution in [0, 0.1) is 25.0 Å². The smallest absolute Gasteiger partial charge is 0.269 e. The molecule has 4 aromatic carbocycles. The van der Waals surface area contributed by atoms with E-state index in [1.54, 1.807) is 18.2 Å². The molecule has 7 heteroatoms. The van der Waals surface area contributed by atoms with Gasteiger partial charge in [-0.3, -0.25) is 10.1 Å². The summed E-state index contributed by atoms with van der Waals surface area (Å²) in [5.74, 6) is 1.24. The number of hydrogen-bond acceptors (Lipinski definition) is 5. The van der Waals surface area contributed by atoms with Crippen LogP contribution in [0.25, 0.3) is 22.4 Å². The van der Waals surface area contributed by atoms with E-state index in [1.807, 2.05) is 31.2 Å². The second-order valence-corrected chi connectivity index (χ2v) is 8.87. The van der Waals surface area contributed by atoms with E-state index >= 15 is 0 Å². The molecule has 0 bridgehead atoms. The van der Waals surface area contributed by atoms with E-state index < -0.39 is 4.92 Å². The molecule has 4 rings (SSSR count). The summed E-state index contributed by atoms with van der Waals surface area (Å²) in [6.45, 7) is 2.76. The summed E-state index contributed by atoms with van der Waals surface area (Å²) in [4.78, 5) is 10.4. The Bertz CT molecular complexity index is 1460. The number of rotatable bonds is 8. The van der Waals surface area contributed by atoms with Gasteiger partial charge in [-0.25, -0.2) is 0 Å². The molecule has 6 nitrogen and oxygen atoms in total. The van der Waals surface area contributed by atoms with Crippen LogP contribution in [0.2, 0.25) is 0 Å². The number of non-ortho nitro benzene ring substituents is 1. The van der Waals surface area contributed by atoms with Crippen molar-refractivity contribution in [3.8, 4) is 17.6 Å². The van der Waals surface area contributed by atoms with Crippen molar-refractivity contribution in [1.29, 1.82) is 5.26 Å². The van der Waals surface area contributed by atoms with Crippen LogP contribution < -0.4 is 9.47 Å². The first-order chi connectivity index (χ1) is 17.0. The third kappa shape index (κ3) is 5.78. The first-order valence-electron chi connectivity index (χ1n) is 10.9. The van der Waals surface area contributed by atoms with Gasteiger partial charge in [0.2, 0.25) is 0 Å². The fourth-order valence-corrected chi connectivity index (χ4v) is 4.45. The van der Waals surface area contributed by atoms with E-state index in [9.17, 15) is 15.4 Å². The summed E-state index contributed by atoms with van der Waals surface area (Å²) in [7, 11) is 0. The van der Waals surface area contributed by atoms with Crippen molar-refractivity contribution < 1.29 is 14.4 Å². The monoisotopic (exact) mass is 576 g/mol. The highest BCUT2D eigenvalue weighted by atomic mass is 127. The van der Waals surface area contributed by atoms with Gasteiger partial charge in [-0.15, -0.1) is 0 Å². The van der Waals surface area contributed by atoms with Gasteiger partial charge in [0.1, 0.15) is 6.61 Å². The van der Waals surface area contributed by atoms with Crippen molar-refractivity contribution in [2.24, 2.45) is 0 Å². The molecular formula is C28H21IN2O4. The lowest BCUT2D eigenvalue weighted by Gasteiger charge is -2.15. The number of nitriles is 1.